The monoisotopic (exact) mass is 493 g/mol. The molecule has 5 radical (unpaired) electrons. The Morgan fingerprint density at radius 1 is 0.767 bits per heavy atom. The minimum absolute atomic E-state index is 0.318. The summed E-state index contributed by atoms with van der Waals surface area (Å²) in [6.45, 7) is 4.09. The fourth-order valence-electron chi connectivity index (χ4n) is 3.02. The van der Waals surface area contributed by atoms with Gasteiger partial charge in [0.1, 0.15) is 9.52 Å². The fraction of sp³-hybridized carbons (Fsp3) is 0.889. The van der Waals surface area contributed by atoms with Gasteiger partial charge in [-0.1, -0.05) is 5.70 Å². The number of rotatable bonds is 19. The van der Waals surface area contributed by atoms with Crippen LogP contribution in [0.5, 0.6) is 0 Å². The molecule has 30 heavy (non-hydrogen) atoms. The molecule has 12 heteroatoms. The Morgan fingerprint density at radius 2 is 1.17 bits per heavy atom. The van der Waals surface area contributed by atoms with Crippen molar-refractivity contribution in [1.29, 1.82) is 0 Å². The molecule has 0 aromatic carbocycles. The maximum Gasteiger partial charge on any atom is 0.417 e. The zero-order valence-corrected chi connectivity index (χ0v) is 24.2. The molecule has 0 atom stereocenters. The minimum atomic E-state index is -1.34. The molecule has 0 bridgehead atoms. The van der Waals surface area contributed by atoms with Crippen LogP contribution in [-0.2, 0) is 26.6 Å². The number of allylic oxidation sites excluding steroid dienone is 1. The lowest BCUT2D eigenvalue weighted by molar-refractivity contribution is 0.143. The average molecular weight is 494 g/mol. The summed E-state index contributed by atoms with van der Waals surface area (Å²) in [4.78, 5) is 4.86. The molecular weight excluding hydrogens is 453 g/mol. The standard InChI is InChI=1S/C18H41N2O6Si4/c1-17(30(25-8)26-9)16-27-18(19(2)12-10-14-28(21-4)22-5)20(3)13-11-15-29(23-6)24-7/h16,18H,10-15H2,1-9H3. The van der Waals surface area contributed by atoms with Crippen molar-refractivity contribution in [3.63, 3.8) is 0 Å². The molecule has 0 aliphatic rings. The lowest BCUT2D eigenvalue weighted by Crippen LogP contribution is -2.49. The van der Waals surface area contributed by atoms with E-state index in [1.807, 2.05) is 0 Å². The molecule has 0 saturated carbocycles. The maximum atomic E-state index is 5.49. The topological polar surface area (TPSA) is 61.9 Å². The van der Waals surface area contributed by atoms with Crippen LogP contribution in [0.25, 0.3) is 0 Å². The van der Waals surface area contributed by atoms with Crippen LogP contribution in [0.4, 0.5) is 0 Å². The third kappa shape index (κ3) is 12.4. The van der Waals surface area contributed by atoms with Gasteiger partial charge in [-0.15, -0.1) is 0 Å². The normalized spacial score (nSPS) is 13.2. The Balaban J connectivity index is 4.98. The van der Waals surface area contributed by atoms with E-state index in [-0.39, 0.29) is 0 Å². The predicted molar refractivity (Wildman–Crippen MR) is 127 cm³/mol. The third-order valence-electron chi connectivity index (χ3n) is 4.67. The van der Waals surface area contributed by atoms with Gasteiger partial charge in [-0.2, -0.15) is 0 Å². The zero-order valence-electron chi connectivity index (χ0n) is 20.2. The van der Waals surface area contributed by atoms with Crippen molar-refractivity contribution in [3.05, 3.63) is 10.9 Å². The molecule has 0 aromatic rings. The molecule has 0 aliphatic carbocycles. The smallest absolute Gasteiger partial charge is 0.397 e. The Bertz CT molecular complexity index is 417. The lowest BCUT2D eigenvalue weighted by Gasteiger charge is -2.35. The third-order valence-corrected chi connectivity index (χ3v) is 11.6. The SMILES string of the molecule is CO[Si](CCCN(C)C([Si]C=C(C)[Si](OC)OC)N(C)CCC[Si](OC)OC)OC. The van der Waals surface area contributed by atoms with Gasteiger partial charge in [0, 0.05) is 42.7 Å². The van der Waals surface area contributed by atoms with Crippen LogP contribution in [0.15, 0.2) is 10.9 Å². The van der Waals surface area contributed by atoms with E-state index in [4.69, 9.17) is 26.6 Å². The second kappa shape index (κ2) is 18.8. The van der Waals surface area contributed by atoms with Crippen molar-refractivity contribution in [2.24, 2.45) is 0 Å². The van der Waals surface area contributed by atoms with Crippen LogP contribution < -0.4 is 0 Å². The summed E-state index contributed by atoms with van der Waals surface area (Å²) in [6.07, 6.45) is 2.10. The maximum absolute atomic E-state index is 5.49. The van der Waals surface area contributed by atoms with Crippen LogP contribution in [0, 0.1) is 0 Å². The van der Waals surface area contributed by atoms with Crippen molar-refractivity contribution < 1.29 is 26.6 Å². The molecule has 8 nitrogen and oxygen atoms in total. The number of hydrogen-bond donors (Lipinski definition) is 0. The Morgan fingerprint density at radius 3 is 1.50 bits per heavy atom. The Hall–Kier alpha value is 0.288. The molecule has 0 heterocycles. The number of nitrogens with zero attached hydrogens (tertiary/aromatic N) is 2. The summed E-state index contributed by atoms with van der Waals surface area (Å²) >= 11 is 0. The highest BCUT2D eigenvalue weighted by atomic mass is 28.3. The van der Waals surface area contributed by atoms with Crippen LogP contribution in [0.3, 0.4) is 0 Å². The van der Waals surface area contributed by atoms with Crippen molar-refractivity contribution >= 4 is 37.4 Å². The largest absolute Gasteiger partial charge is 0.417 e. The summed E-state index contributed by atoms with van der Waals surface area (Å²) < 4.78 is 32.6. The van der Waals surface area contributed by atoms with E-state index < -0.39 is 27.9 Å². The second-order valence-electron chi connectivity index (χ2n) is 6.79. The van der Waals surface area contributed by atoms with E-state index >= 15 is 0 Å². The van der Waals surface area contributed by atoms with Crippen molar-refractivity contribution in [1.82, 2.24) is 9.80 Å². The summed E-state index contributed by atoms with van der Waals surface area (Å²) in [5.41, 5.74) is 2.29. The van der Waals surface area contributed by atoms with E-state index in [0.29, 0.717) is 15.3 Å². The fourth-order valence-corrected chi connectivity index (χ4v) is 7.76. The quantitative estimate of drug-likeness (QED) is 0.198. The van der Waals surface area contributed by atoms with E-state index in [2.05, 4.69) is 36.5 Å². The zero-order chi connectivity index (χ0) is 22.9. The van der Waals surface area contributed by atoms with Crippen molar-refractivity contribution in [2.45, 2.75) is 37.6 Å². The van der Waals surface area contributed by atoms with Gasteiger partial charge in [0.05, 0.1) is 5.79 Å². The van der Waals surface area contributed by atoms with Crippen molar-refractivity contribution in [2.75, 3.05) is 69.8 Å². The van der Waals surface area contributed by atoms with Gasteiger partial charge in [0.2, 0.25) is 0 Å². The summed E-state index contributed by atoms with van der Waals surface area (Å²) in [7, 11) is 11.7. The molecule has 0 aliphatic heterocycles. The summed E-state index contributed by atoms with van der Waals surface area (Å²) in [6, 6.07) is 1.95. The first-order valence-corrected chi connectivity index (χ1v) is 15.6. The van der Waals surface area contributed by atoms with Crippen LogP contribution in [-0.4, -0.2) is 123 Å². The van der Waals surface area contributed by atoms with Gasteiger partial charge in [0.25, 0.3) is 0 Å². The minimum Gasteiger partial charge on any atom is -0.397 e. The molecule has 0 N–H and O–H groups in total. The molecular formula is C18H41N2O6Si4. The Kier molecular flexibility index (Phi) is 19.0. The lowest BCUT2D eigenvalue weighted by atomic mass is 10.4. The van der Waals surface area contributed by atoms with Gasteiger partial charge in [0.15, 0.2) is 0 Å². The van der Waals surface area contributed by atoms with Gasteiger partial charge in [-0.3, -0.25) is 9.80 Å². The highest BCUT2D eigenvalue weighted by Gasteiger charge is 2.23. The molecule has 175 valence electrons. The molecule has 0 spiro atoms. The molecule has 0 unspecified atom stereocenters. The predicted octanol–water partition coefficient (Wildman–Crippen LogP) is 1.40. The van der Waals surface area contributed by atoms with Crippen molar-refractivity contribution in [3.8, 4) is 0 Å². The molecule has 0 aromatic heterocycles. The van der Waals surface area contributed by atoms with Gasteiger partial charge < -0.3 is 26.6 Å². The first-order valence-electron chi connectivity index (χ1n) is 10.0. The number of hydrogen-bond acceptors (Lipinski definition) is 8. The van der Waals surface area contributed by atoms with Gasteiger partial charge >= 0.3 is 27.9 Å². The van der Waals surface area contributed by atoms with E-state index in [1.165, 1.54) is 5.20 Å². The second-order valence-corrected chi connectivity index (χ2v) is 14.2. The molecule has 0 saturated heterocycles. The summed E-state index contributed by atoms with van der Waals surface area (Å²) in [5.74, 6) is 0.318. The van der Waals surface area contributed by atoms with Crippen LogP contribution in [0.2, 0.25) is 12.1 Å². The molecule has 0 rings (SSSR count). The van der Waals surface area contributed by atoms with Crippen LogP contribution >= 0.6 is 0 Å². The molecule has 0 fully saturated rings. The average Bonchev–Trinajstić information content (AvgIpc) is 2.75. The van der Waals surface area contributed by atoms with E-state index in [9.17, 15) is 0 Å². The first kappa shape index (κ1) is 30.3. The molecule has 0 amide bonds. The van der Waals surface area contributed by atoms with Crippen LogP contribution in [0.1, 0.15) is 19.8 Å². The summed E-state index contributed by atoms with van der Waals surface area (Å²) in [5, 5.41) is 1.20. The van der Waals surface area contributed by atoms with Gasteiger partial charge in [-0.05, 0) is 64.2 Å². The van der Waals surface area contributed by atoms with Gasteiger partial charge in [-0.25, -0.2) is 0 Å². The first-order chi connectivity index (χ1) is 14.4. The van der Waals surface area contributed by atoms with E-state index in [0.717, 1.165) is 38.0 Å². The Labute approximate surface area is 192 Å². The highest BCUT2D eigenvalue weighted by molar-refractivity contribution is 6.57. The van der Waals surface area contributed by atoms with E-state index in [1.54, 1.807) is 42.7 Å². The highest BCUT2D eigenvalue weighted by Crippen LogP contribution is 2.10.